The summed E-state index contributed by atoms with van der Waals surface area (Å²) in [5.74, 6) is -0.526. The lowest BCUT2D eigenvalue weighted by Gasteiger charge is -2.07. The summed E-state index contributed by atoms with van der Waals surface area (Å²) in [5, 5.41) is 2.60. The van der Waals surface area contributed by atoms with E-state index in [-0.39, 0.29) is 30.1 Å². The minimum atomic E-state index is -0.297. The van der Waals surface area contributed by atoms with Crippen LogP contribution in [0.1, 0.15) is 23.6 Å². The quantitative estimate of drug-likeness (QED) is 0.689. The molecule has 0 spiro atoms. The monoisotopic (exact) mass is 374 g/mol. The molecule has 1 aliphatic carbocycles. The summed E-state index contributed by atoms with van der Waals surface area (Å²) in [4.78, 5) is 29.3. The highest BCUT2D eigenvalue weighted by molar-refractivity contribution is 7.15. The van der Waals surface area contributed by atoms with Crippen molar-refractivity contribution in [1.82, 2.24) is 20.2 Å². The first-order valence-corrected chi connectivity index (χ1v) is 9.12. The third kappa shape index (κ3) is 3.38. The number of nitrogens with zero attached hydrogens (tertiary/aromatic N) is 2. The average molecular weight is 375 g/mol. The lowest BCUT2D eigenvalue weighted by molar-refractivity contribution is -0.129. The molecule has 8 heteroatoms. The van der Waals surface area contributed by atoms with Crippen molar-refractivity contribution in [3.05, 3.63) is 58.3 Å². The Morgan fingerprint density at radius 2 is 2.16 bits per heavy atom. The molecular formula is C17H15ClN4O2S. The predicted octanol–water partition coefficient (Wildman–Crippen LogP) is 2.54. The van der Waals surface area contributed by atoms with Gasteiger partial charge >= 0.3 is 0 Å². The van der Waals surface area contributed by atoms with Crippen molar-refractivity contribution in [3.63, 3.8) is 0 Å². The van der Waals surface area contributed by atoms with E-state index in [1.807, 2.05) is 46.4 Å². The van der Waals surface area contributed by atoms with Gasteiger partial charge in [0.15, 0.2) is 4.96 Å². The fourth-order valence-corrected chi connectivity index (χ4v) is 3.89. The summed E-state index contributed by atoms with van der Waals surface area (Å²) in [5.41, 5.74) is 6.60. The highest BCUT2D eigenvalue weighted by Crippen LogP contribution is 2.49. The minimum absolute atomic E-state index is 0.116. The van der Waals surface area contributed by atoms with Crippen molar-refractivity contribution in [2.75, 3.05) is 0 Å². The molecule has 0 saturated heterocycles. The molecule has 0 bridgehead atoms. The van der Waals surface area contributed by atoms with Crippen LogP contribution in [0.3, 0.4) is 0 Å². The van der Waals surface area contributed by atoms with E-state index in [1.54, 1.807) is 0 Å². The number of nitrogens with one attached hydrogen (secondary N) is 2. The summed E-state index contributed by atoms with van der Waals surface area (Å²) >= 11 is 7.67. The molecule has 1 aromatic carbocycles. The first-order chi connectivity index (χ1) is 12.1. The van der Waals surface area contributed by atoms with Gasteiger partial charge in [-0.1, -0.05) is 29.8 Å². The fourth-order valence-electron chi connectivity index (χ4n) is 2.90. The number of aromatic nitrogens is 2. The number of thiazole rings is 1. The molecule has 1 fully saturated rings. The molecule has 3 aromatic rings. The van der Waals surface area contributed by atoms with E-state index in [4.69, 9.17) is 11.6 Å². The zero-order valence-electron chi connectivity index (χ0n) is 13.1. The third-order valence-corrected chi connectivity index (χ3v) is 5.36. The van der Waals surface area contributed by atoms with Crippen LogP contribution in [0.25, 0.3) is 4.96 Å². The number of carbonyl (C=O) groups is 2. The SMILES string of the molecule is O=C(Cc1cn2ccsc2n1)NNC(=O)[C@H]1C[C@H]1c1ccccc1Cl. The molecule has 2 amide bonds. The second kappa shape index (κ2) is 6.50. The van der Waals surface area contributed by atoms with Crippen LogP contribution in [0.5, 0.6) is 0 Å². The molecule has 6 nitrogen and oxygen atoms in total. The van der Waals surface area contributed by atoms with Gasteiger partial charge in [-0.15, -0.1) is 11.3 Å². The van der Waals surface area contributed by atoms with Gasteiger partial charge in [-0.25, -0.2) is 4.98 Å². The van der Waals surface area contributed by atoms with Crippen molar-refractivity contribution in [1.29, 1.82) is 0 Å². The van der Waals surface area contributed by atoms with Crippen LogP contribution in [0.15, 0.2) is 42.0 Å². The molecule has 2 heterocycles. The van der Waals surface area contributed by atoms with E-state index >= 15 is 0 Å². The van der Waals surface area contributed by atoms with Crippen LogP contribution in [0, 0.1) is 5.92 Å². The number of carbonyl (C=O) groups excluding carboxylic acids is 2. The van der Waals surface area contributed by atoms with Gasteiger partial charge in [-0.05, 0) is 24.0 Å². The summed E-state index contributed by atoms with van der Waals surface area (Å²) in [6.45, 7) is 0. The van der Waals surface area contributed by atoms with Crippen molar-refractivity contribution >= 4 is 39.7 Å². The molecule has 25 heavy (non-hydrogen) atoms. The lowest BCUT2D eigenvalue weighted by atomic mass is 10.1. The highest BCUT2D eigenvalue weighted by atomic mass is 35.5. The van der Waals surface area contributed by atoms with Gasteiger partial charge in [0.25, 0.3) is 0 Å². The number of hydrogen-bond acceptors (Lipinski definition) is 4. The number of fused-ring (bicyclic) bond motifs is 1. The zero-order chi connectivity index (χ0) is 17.4. The number of benzene rings is 1. The maximum Gasteiger partial charge on any atom is 0.244 e. The van der Waals surface area contributed by atoms with Crippen molar-refractivity contribution in [2.45, 2.75) is 18.8 Å². The van der Waals surface area contributed by atoms with E-state index in [9.17, 15) is 9.59 Å². The van der Waals surface area contributed by atoms with E-state index in [0.717, 1.165) is 16.9 Å². The first kappa shape index (κ1) is 16.1. The smallest absolute Gasteiger partial charge is 0.244 e. The summed E-state index contributed by atoms with van der Waals surface area (Å²) in [7, 11) is 0. The summed E-state index contributed by atoms with van der Waals surface area (Å²) in [6, 6.07) is 7.53. The number of halogens is 1. The number of imidazole rings is 1. The average Bonchev–Trinajstić information content (AvgIpc) is 3.12. The molecule has 1 saturated carbocycles. The predicted molar refractivity (Wildman–Crippen MR) is 95.4 cm³/mol. The molecule has 2 atom stereocenters. The molecule has 128 valence electrons. The normalized spacial score (nSPS) is 18.9. The Balaban J connectivity index is 1.28. The van der Waals surface area contributed by atoms with Crippen LogP contribution >= 0.6 is 22.9 Å². The Morgan fingerprint density at radius 3 is 2.96 bits per heavy atom. The summed E-state index contributed by atoms with van der Waals surface area (Å²) in [6.07, 6.45) is 4.55. The van der Waals surface area contributed by atoms with Gasteiger partial charge in [-0.2, -0.15) is 0 Å². The van der Waals surface area contributed by atoms with Crippen LogP contribution in [-0.4, -0.2) is 21.2 Å². The Morgan fingerprint density at radius 1 is 1.32 bits per heavy atom. The van der Waals surface area contributed by atoms with Gasteiger partial charge in [0.1, 0.15) is 0 Å². The molecule has 2 N–H and O–H groups in total. The van der Waals surface area contributed by atoms with Gasteiger partial charge in [0, 0.05) is 28.7 Å². The molecule has 0 unspecified atom stereocenters. The van der Waals surface area contributed by atoms with Crippen LogP contribution in [0.2, 0.25) is 5.02 Å². The van der Waals surface area contributed by atoms with E-state index in [0.29, 0.717) is 10.7 Å². The largest absolute Gasteiger partial charge is 0.297 e. The summed E-state index contributed by atoms with van der Waals surface area (Å²) < 4.78 is 1.87. The lowest BCUT2D eigenvalue weighted by Crippen LogP contribution is -2.43. The zero-order valence-corrected chi connectivity index (χ0v) is 14.7. The Kier molecular flexibility index (Phi) is 4.19. The number of amides is 2. The number of rotatable bonds is 4. The molecule has 2 aromatic heterocycles. The second-order valence-corrected chi connectivity index (χ2v) is 7.29. The fraction of sp³-hybridized carbons (Fsp3) is 0.235. The maximum atomic E-state index is 12.2. The van der Waals surface area contributed by atoms with Gasteiger partial charge < -0.3 is 0 Å². The third-order valence-electron chi connectivity index (χ3n) is 4.24. The minimum Gasteiger partial charge on any atom is -0.297 e. The molecule has 0 radical (unpaired) electrons. The Bertz CT molecular complexity index is 922. The Hall–Kier alpha value is -2.38. The Labute approximate surface area is 152 Å². The molecule has 1 aliphatic rings. The van der Waals surface area contributed by atoms with Crippen molar-refractivity contribution in [2.24, 2.45) is 5.92 Å². The van der Waals surface area contributed by atoms with E-state index < -0.39 is 0 Å². The van der Waals surface area contributed by atoms with Gasteiger partial charge in [-0.3, -0.25) is 24.8 Å². The second-order valence-electron chi connectivity index (χ2n) is 6.01. The first-order valence-electron chi connectivity index (χ1n) is 7.86. The van der Waals surface area contributed by atoms with E-state index in [2.05, 4.69) is 15.8 Å². The molecule has 0 aliphatic heterocycles. The van der Waals surface area contributed by atoms with Gasteiger partial charge in [0.2, 0.25) is 11.8 Å². The standard InChI is InChI=1S/C17H15ClN4O2S/c18-14-4-2-1-3-11(14)12-8-13(12)16(24)21-20-15(23)7-10-9-22-5-6-25-17(22)19-10/h1-6,9,12-13H,7-8H2,(H,20,23)(H,21,24)/t12-,13-/m0/s1. The van der Waals surface area contributed by atoms with Crippen LogP contribution in [0.4, 0.5) is 0 Å². The van der Waals surface area contributed by atoms with Crippen molar-refractivity contribution < 1.29 is 9.59 Å². The number of hydrogen-bond donors (Lipinski definition) is 2. The highest BCUT2D eigenvalue weighted by Gasteiger charge is 2.44. The maximum absolute atomic E-state index is 12.2. The number of hydrazine groups is 1. The topological polar surface area (TPSA) is 75.5 Å². The van der Waals surface area contributed by atoms with Gasteiger partial charge in [0.05, 0.1) is 12.1 Å². The van der Waals surface area contributed by atoms with Crippen LogP contribution in [-0.2, 0) is 16.0 Å². The van der Waals surface area contributed by atoms with E-state index in [1.165, 1.54) is 11.3 Å². The molecular weight excluding hydrogens is 360 g/mol. The molecule has 4 rings (SSSR count). The van der Waals surface area contributed by atoms with Crippen LogP contribution < -0.4 is 10.9 Å². The van der Waals surface area contributed by atoms with Crippen molar-refractivity contribution in [3.8, 4) is 0 Å².